The van der Waals surface area contributed by atoms with E-state index >= 15 is 0 Å². The molecule has 0 saturated carbocycles. The van der Waals surface area contributed by atoms with Crippen molar-refractivity contribution in [2.24, 2.45) is 5.92 Å². The van der Waals surface area contributed by atoms with E-state index in [9.17, 15) is 17.6 Å². The second-order valence-electron chi connectivity index (χ2n) is 10.7. The van der Waals surface area contributed by atoms with Gasteiger partial charge in [-0.3, -0.25) is 19.4 Å². The Hall–Kier alpha value is -3.82. The third kappa shape index (κ3) is 6.11. The fourth-order valence-corrected chi connectivity index (χ4v) is 6.74. The second-order valence-corrected chi connectivity index (χ2v) is 12.3. The van der Waals surface area contributed by atoms with Crippen LogP contribution in [0.25, 0.3) is 10.9 Å². The average molecular weight is 575 g/mol. The average Bonchev–Trinajstić information content (AvgIpc) is 3.00. The second kappa shape index (κ2) is 12.0. The first-order valence-electron chi connectivity index (χ1n) is 13.9. The third-order valence-electron chi connectivity index (χ3n) is 8.18. The first-order valence-corrected chi connectivity index (χ1v) is 15.4. The summed E-state index contributed by atoms with van der Waals surface area (Å²) in [5.74, 6) is -0.0437. The molecule has 2 unspecified atom stereocenters. The minimum atomic E-state index is -3.89. The molecule has 1 saturated heterocycles. The number of rotatable bonds is 8. The molecule has 1 aliphatic rings. The fraction of sp³-hybridized carbons (Fsp3) is 0.312. The molecule has 0 bridgehead atoms. The van der Waals surface area contributed by atoms with Crippen LogP contribution in [0.2, 0.25) is 0 Å². The van der Waals surface area contributed by atoms with Crippen LogP contribution in [0.3, 0.4) is 0 Å². The van der Waals surface area contributed by atoms with Crippen LogP contribution in [0.15, 0.2) is 90.0 Å². The van der Waals surface area contributed by atoms with Crippen molar-refractivity contribution >= 4 is 32.5 Å². The van der Waals surface area contributed by atoms with Gasteiger partial charge >= 0.3 is 0 Å². The summed E-state index contributed by atoms with van der Waals surface area (Å²) in [6, 6.07) is 21.9. The van der Waals surface area contributed by atoms with E-state index in [-0.39, 0.29) is 34.6 Å². The summed E-state index contributed by atoms with van der Waals surface area (Å²) in [5.41, 5.74) is 2.32. The number of anilines is 1. The van der Waals surface area contributed by atoms with Gasteiger partial charge in [0, 0.05) is 54.6 Å². The number of amides is 1. The zero-order valence-electron chi connectivity index (χ0n) is 23.5. The van der Waals surface area contributed by atoms with Gasteiger partial charge in [0.1, 0.15) is 10.7 Å². The minimum Gasteiger partial charge on any atom is -0.333 e. The number of benzene rings is 3. The Morgan fingerprint density at radius 3 is 2.41 bits per heavy atom. The zero-order valence-corrected chi connectivity index (χ0v) is 24.3. The smallest absolute Gasteiger partial charge is 0.264 e. The molecule has 41 heavy (non-hydrogen) atoms. The fourth-order valence-electron chi connectivity index (χ4n) is 5.50. The monoisotopic (exact) mass is 574 g/mol. The van der Waals surface area contributed by atoms with Crippen molar-refractivity contribution in [2.45, 2.75) is 44.2 Å². The van der Waals surface area contributed by atoms with Crippen LogP contribution < -0.4 is 4.72 Å². The van der Waals surface area contributed by atoms with E-state index in [1.165, 1.54) is 18.2 Å². The summed E-state index contributed by atoms with van der Waals surface area (Å²) in [6.07, 6.45) is 2.49. The molecule has 4 aromatic rings. The van der Waals surface area contributed by atoms with Gasteiger partial charge in [-0.2, -0.15) is 0 Å². The summed E-state index contributed by atoms with van der Waals surface area (Å²) >= 11 is 0. The van der Waals surface area contributed by atoms with E-state index in [0.717, 1.165) is 23.9 Å². The maximum Gasteiger partial charge on any atom is 0.264 e. The van der Waals surface area contributed by atoms with Gasteiger partial charge in [0.2, 0.25) is 0 Å². The molecule has 7 nitrogen and oxygen atoms in total. The molecule has 1 aliphatic heterocycles. The molecular formula is C32H35FN4O3S. The van der Waals surface area contributed by atoms with Gasteiger partial charge in [0.05, 0.1) is 5.52 Å². The molecule has 3 aromatic carbocycles. The van der Waals surface area contributed by atoms with E-state index in [1.54, 1.807) is 42.6 Å². The summed E-state index contributed by atoms with van der Waals surface area (Å²) < 4.78 is 42.5. The summed E-state index contributed by atoms with van der Waals surface area (Å²) in [5, 5.41) is 0.735. The van der Waals surface area contributed by atoms with E-state index in [1.807, 2.05) is 29.2 Å². The largest absolute Gasteiger partial charge is 0.333 e. The zero-order chi connectivity index (χ0) is 29.1. The number of fused-ring (bicyclic) bond motifs is 1. The highest BCUT2D eigenvalue weighted by Gasteiger charge is 2.35. The van der Waals surface area contributed by atoms with Crippen molar-refractivity contribution in [3.8, 4) is 0 Å². The van der Waals surface area contributed by atoms with Crippen LogP contribution >= 0.6 is 0 Å². The Balaban J connectivity index is 1.31. The highest BCUT2D eigenvalue weighted by molar-refractivity contribution is 7.93. The van der Waals surface area contributed by atoms with Gasteiger partial charge in [0.15, 0.2) is 0 Å². The lowest BCUT2D eigenvalue weighted by Crippen LogP contribution is -2.57. The van der Waals surface area contributed by atoms with Crippen molar-refractivity contribution < 1.29 is 17.6 Å². The molecule has 1 aromatic heterocycles. The topological polar surface area (TPSA) is 82.6 Å². The number of hydrogen-bond donors (Lipinski definition) is 1. The summed E-state index contributed by atoms with van der Waals surface area (Å²) in [7, 11) is -3.89. The Bertz CT molecular complexity index is 1620. The van der Waals surface area contributed by atoms with Gasteiger partial charge in [-0.1, -0.05) is 50.6 Å². The predicted molar refractivity (Wildman–Crippen MR) is 160 cm³/mol. The molecule has 2 heterocycles. The first kappa shape index (κ1) is 28.7. The standard InChI is InChI=1S/C32H35FN4O3S/c1-4-22(2)29-21-36(23(3)24-10-14-27(33)15-11-24)19-20-37(29)32(38)26-12-16-28(17-13-26)35-41(39,40)30-9-5-7-25-8-6-18-34-31(25)30/h5-18,22-23,29,35H,4,19-21H2,1-3H3/t22?,23?,29-/m1/s1. The van der Waals surface area contributed by atoms with Crippen LogP contribution in [0.1, 0.15) is 49.2 Å². The lowest BCUT2D eigenvalue weighted by molar-refractivity contribution is 0.0220. The van der Waals surface area contributed by atoms with E-state index < -0.39 is 10.0 Å². The maximum atomic E-state index is 13.7. The Labute approximate surface area is 241 Å². The Kier molecular flexibility index (Phi) is 8.37. The number of sulfonamides is 1. The normalized spacial score (nSPS) is 17.8. The molecule has 0 aliphatic carbocycles. The number of aromatic nitrogens is 1. The van der Waals surface area contributed by atoms with Crippen LogP contribution in [-0.2, 0) is 10.0 Å². The molecule has 5 rings (SSSR count). The van der Waals surface area contributed by atoms with Crippen molar-refractivity contribution in [1.29, 1.82) is 0 Å². The van der Waals surface area contributed by atoms with E-state index in [2.05, 4.69) is 35.4 Å². The van der Waals surface area contributed by atoms with Gasteiger partial charge in [-0.05, 0) is 66.9 Å². The molecule has 214 valence electrons. The van der Waals surface area contributed by atoms with Gasteiger partial charge in [-0.15, -0.1) is 0 Å². The number of para-hydroxylation sites is 1. The number of carbonyl (C=O) groups is 1. The number of piperazine rings is 1. The van der Waals surface area contributed by atoms with Crippen LogP contribution in [-0.4, -0.2) is 54.8 Å². The number of nitrogens with one attached hydrogen (secondary N) is 1. The highest BCUT2D eigenvalue weighted by Crippen LogP contribution is 2.29. The SMILES string of the molecule is CCC(C)[C@H]1CN(C(C)c2ccc(F)cc2)CCN1C(=O)c1ccc(NS(=O)(=O)c2cccc3cccnc23)cc1. The molecule has 9 heteroatoms. The van der Waals surface area contributed by atoms with Crippen molar-refractivity contribution in [2.75, 3.05) is 24.4 Å². The van der Waals surface area contributed by atoms with Crippen molar-refractivity contribution in [1.82, 2.24) is 14.8 Å². The number of nitrogens with zero attached hydrogens (tertiary/aromatic N) is 3. The van der Waals surface area contributed by atoms with Crippen LogP contribution in [0.4, 0.5) is 10.1 Å². The quantitative estimate of drug-likeness (QED) is 0.275. The molecule has 1 amide bonds. The first-order chi connectivity index (χ1) is 19.7. The molecule has 1 fully saturated rings. The lowest BCUT2D eigenvalue weighted by atomic mass is 9.93. The molecule has 3 atom stereocenters. The lowest BCUT2D eigenvalue weighted by Gasteiger charge is -2.46. The number of carbonyl (C=O) groups excluding carboxylic acids is 1. The van der Waals surface area contributed by atoms with Crippen molar-refractivity contribution in [3.63, 3.8) is 0 Å². The number of hydrogen-bond acceptors (Lipinski definition) is 5. The Morgan fingerprint density at radius 1 is 1.00 bits per heavy atom. The van der Waals surface area contributed by atoms with Crippen molar-refractivity contribution in [3.05, 3.63) is 102 Å². The number of pyridine rings is 1. The minimum absolute atomic E-state index is 0.0150. The summed E-state index contributed by atoms with van der Waals surface area (Å²) in [6.45, 7) is 8.40. The van der Waals surface area contributed by atoms with E-state index in [4.69, 9.17) is 0 Å². The van der Waals surface area contributed by atoms with Gasteiger partial charge < -0.3 is 4.90 Å². The Morgan fingerprint density at radius 2 is 1.71 bits per heavy atom. The van der Waals surface area contributed by atoms with Gasteiger partial charge in [-0.25, -0.2) is 12.8 Å². The molecule has 0 radical (unpaired) electrons. The van der Waals surface area contributed by atoms with E-state index in [0.29, 0.717) is 29.9 Å². The highest BCUT2D eigenvalue weighted by atomic mass is 32.2. The van der Waals surface area contributed by atoms with Crippen LogP contribution in [0, 0.1) is 11.7 Å². The van der Waals surface area contributed by atoms with Crippen LogP contribution in [0.5, 0.6) is 0 Å². The summed E-state index contributed by atoms with van der Waals surface area (Å²) in [4.78, 5) is 22.4. The molecular weight excluding hydrogens is 539 g/mol. The number of halogens is 1. The maximum absolute atomic E-state index is 13.7. The predicted octanol–water partition coefficient (Wildman–Crippen LogP) is 6.11. The molecule has 1 N–H and O–H groups in total. The third-order valence-corrected chi connectivity index (χ3v) is 9.59. The van der Waals surface area contributed by atoms with Gasteiger partial charge in [0.25, 0.3) is 15.9 Å². The molecule has 0 spiro atoms.